The molecule has 0 spiro atoms. The SMILES string of the molecule is Cc1cc(S(=O)(=O)N2CCSC(C)C2C)cc(CO)c1F. The average Bonchev–Trinajstić information content (AvgIpc) is 2.44. The molecule has 1 aliphatic rings. The monoisotopic (exact) mass is 333 g/mol. The fourth-order valence-corrected chi connectivity index (χ4v) is 5.58. The first-order valence-corrected chi connectivity index (χ1v) is 9.31. The van der Waals surface area contributed by atoms with E-state index >= 15 is 0 Å². The van der Waals surface area contributed by atoms with Crippen molar-refractivity contribution in [1.29, 1.82) is 0 Å². The third kappa shape index (κ3) is 3.11. The van der Waals surface area contributed by atoms with Gasteiger partial charge in [0.15, 0.2) is 0 Å². The van der Waals surface area contributed by atoms with Crippen molar-refractivity contribution in [2.45, 2.75) is 43.6 Å². The molecule has 2 unspecified atom stereocenters. The largest absolute Gasteiger partial charge is 0.392 e. The number of rotatable bonds is 3. The van der Waals surface area contributed by atoms with Crippen molar-refractivity contribution in [2.24, 2.45) is 0 Å². The minimum Gasteiger partial charge on any atom is -0.392 e. The number of aliphatic hydroxyl groups excluding tert-OH is 1. The number of thioether (sulfide) groups is 1. The van der Waals surface area contributed by atoms with E-state index in [0.717, 1.165) is 5.75 Å². The molecule has 118 valence electrons. The van der Waals surface area contributed by atoms with E-state index in [2.05, 4.69) is 0 Å². The topological polar surface area (TPSA) is 57.6 Å². The summed E-state index contributed by atoms with van der Waals surface area (Å²) in [7, 11) is -3.67. The van der Waals surface area contributed by atoms with Gasteiger partial charge in [-0.1, -0.05) is 6.92 Å². The zero-order valence-electron chi connectivity index (χ0n) is 12.3. The van der Waals surface area contributed by atoms with Crippen molar-refractivity contribution in [1.82, 2.24) is 4.31 Å². The molecule has 1 aromatic carbocycles. The second-order valence-corrected chi connectivity index (χ2v) is 8.68. The van der Waals surface area contributed by atoms with Gasteiger partial charge in [-0.2, -0.15) is 16.1 Å². The molecule has 1 saturated heterocycles. The smallest absolute Gasteiger partial charge is 0.243 e. The zero-order chi connectivity index (χ0) is 15.8. The summed E-state index contributed by atoms with van der Waals surface area (Å²) >= 11 is 1.75. The van der Waals surface area contributed by atoms with Gasteiger partial charge in [0.1, 0.15) is 5.82 Å². The molecule has 0 amide bonds. The molecule has 1 aliphatic heterocycles. The summed E-state index contributed by atoms with van der Waals surface area (Å²) in [5.74, 6) is 0.199. The maximum atomic E-state index is 13.8. The lowest BCUT2D eigenvalue weighted by molar-refractivity contribution is 0.275. The third-order valence-electron chi connectivity index (χ3n) is 3.91. The first-order valence-electron chi connectivity index (χ1n) is 6.82. The Labute approximate surface area is 129 Å². The summed E-state index contributed by atoms with van der Waals surface area (Å²) in [5.41, 5.74) is 0.243. The molecular formula is C14H20FNO3S2. The highest BCUT2D eigenvalue weighted by atomic mass is 32.2. The van der Waals surface area contributed by atoms with Crippen molar-refractivity contribution in [3.05, 3.63) is 29.1 Å². The van der Waals surface area contributed by atoms with Crippen LogP contribution in [-0.4, -0.2) is 41.4 Å². The highest BCUT2D eigenvalue weighted by Gasteiger charge is 2.35. The summed E-state index contributed by atoms with van der Waals surface area (Å²) in [5, 5.41) is 9.40. The summed E-state index contributed by atoms with van der Waals surface area (Å²) < 4.78 is 40.8. The van der Waals surface area contributed by atoms with Gasteiger partial charge in [0.25, 0.3) is 0 Å². The van der Waals surface area contributed by atoms with E-state index in [1.807, 2.05) is 13.8 Å². The molecule has 0 bridgehead atoms. The van der Waals surface area contributed by atoms with Crippen molar-refractivity contribution in [3.63, 3.8) is 0 Å². The molecule has 0 aliphatic carbocycles. The number of hydrogen-bond donors (Lipinski definition) is 1. The molecule has 1 N–H and O–H groups in total. The molecule has 7 heteroatoms. The van der Waals surface area contributed by atoms with Crippen LogP contribution in [0.5, 0.6) is 0 Å². The van der Waals surface area contributed by atoms with Crippen LogP contribution in [-0.2, 0) is 16.6 Å². The van der Waals surface area contributed by atoms with Crippen molar-refractivity contribution >= 4 is 21.8 Å². The Morgan fingerprint density at radius 2 is 2.10 bits per heavy atom. The van der Waals surface area contributed by atoms with Crippen LogP contribution in [0.3, 0.4) is 0 Å². The van der Waals surface area contributed by atoms with E-state index in [0.29, 0.717) is 6.54 Å². The van der Waals surface area contributed by atoms with Gasteiger partial charge in [-0.15, -0.1) is 0 Å². The Hall–Kier alpha value is -0.630. The Bertz CT molecular complexity index is 633. The van der Waals surface area contributed by atoms with E-state index in [1.54, 1.807) is 11.8 Å². The van der Waals surface area contributed by atoms with Crippen LogP contribution in [0.15, 0.2) is 17.0 Å². The molecule has 4 nitrogen and oxygen atoms in total. The Morgan fingerprint density at radius 1 is 1.43 bits per heavy atom. The van der Waals surface area contributed by atoms with Crippen molar-refractivity contribution in [2.75, 3.05) is 12.3 Å². The fraction of sp³-hybridized carbons (Fsp3) is 0.571. The highest BCUT2D eigenvalue weighted by molar-refractivity contribution is 8.00. The Kier molecular flexibility index (Phi) is 4.97. The molecule has 1 aromatic rings. The van der Waals surface area contributed by atoms with Crippen LogP contribution in [0.4, 0.5) is 4.39 Å². The number of aliphatic hydroxyl groups is 1. The maximum absolute atomic E-state index is 13.8. The molecule has 2 atom stereocenters. The van der Waals surface area contributed by atoms with Crippen LogP contribution in [0.1, 0.15) is 25.0 Å². The van der Waals surface area contributed by atoms with Crippen molar-refractivity contribution < 1.29 is 17.9 Å². The van der Waals surface area contributed by atoms with Crippen LogP contribution in [0.25, 0.3) is 0 Å². The number of nitrogens with zero attached hydrogens (tertiary/aromatic N) is 1. The van der Waals surface area contributed by atoms with E-state index in [-0.39, 0.29) is 27.3 Å². The molecule has 21 heavy (non-hydrogen) atoms. The lowest BCUT2D eigenvalue weighted by Gasteiger charge is -2.36. The first kappa shape index (κ1) is 16.7. The zero-order valence-corrected chi connectivity index (χ0v) is 14.0. The van der Waals surface area contributed by atoms with Crippen LogP contribution in [0, 0.1) is 12.7 Å². The molecule has 0 aromatic heterocycles. The number of benzene rings is 1. The van der Waals surface area contributed by atoms with Gasteiger partial charge in [0, 0.05) is 29.2 Å². The number of aryl methyl sites for hydroxylation is 1. The van der Waals surface area contributed by atoms with Gasteiger partial charge in [0.05, 0.1) is 11.5 Å². The van der Waals surface area contributed by atoms with E-state index in [1.165, 1.54) is 23.4 Å². The van der Waals surface area contributed by atoms with Gasteiger partial charge in [0.2, 0.25) is 10.0 Å². The number of hydrogen-bond acceptors (Lipinski definition) is 4. The highest BCUT2D eigenvalue weighted by Crippen LogP contribution is 2.30. The van der Waals surface area contributed by atoms with Gasteiger partial charge in [-0.05, 0) is 31.5 Å². The fourth-order valence-electron chi connectivity index (χ4n) is 2.45. The van der Waals surface area contributed by atoms with E-state index in [9.17, 15) is 17.9 Å². The van der Waals surface area contributed by atoms with E-state index < -0.39 is 22.4 Å². The summed E-state index contributed by atoms with van der Waals surface area (Å²) in [6.45, 7) is 5.33. The standard InChI is InChI=1S/C14H20FNO3S2/c1-9-6-13(7-12(8-17)14(9)15)21(18,19)16-4-5-20-11(3)10(16)2/h6-7,10-11,17H,4-5,8H2,1-3H3. The lowest BCUT2D eigenvalue weighted by atomic mass is 10.1. The molecule has 1 heterocycles. The summed E-state index contributed by atoms with van der Waals surface area (Å²) in [6, 6.07) is 2.46. The van der Waals surface area contributed by atoms with Gasteiger partial charge in [-0.3, -0.25) is 0 Å². The average molecular weight is 333 g/mol. The quantitative estimate of drug-likeness (QED) is 0.921. The predicted octanol–water partition coefficient (Wildman–Crippen LogP) is 2.14. The molecule has 0 radical (unpaired) electrons. The Balaban J connectivity index is 2.46. The minimum atomic E-state index is -3.67. The molecule has 0 saturated carbocycles. The minimum absolute atomic E-state index is 0.0145. The summed E-state index contributed by atoms with van der Waals surface area (Å²) in [4.78, 5) is 0.0522. The second kappa shape index (κ2) is 6.24. The predicted molar refractivity (Wildman–Crippen MR) is 82.3 cm³/mol. The third-order valence-corrected chi connectivity index (χ3v) is 7.21. The molecular weight excluding hydrogens is 313 g/mol. The number of sulfonamides is 1. The van der Waals surface area contributed by atoms with Gasteiger partial charge in [-0.25, -0.2) is 12.8 Å². The van der Waals surface area contributed by atoms with Gasteiger partial charge >= 0.3 is 0 Å². The normalized spacial score (nSPS) is 24.2. The van der Waals surface area contributed by atoms with Crippen molar-refractivity contribution in [3.8, 4) is 0 Å². The molecule has 1 fully saturated rings. The first-order chi connectivity index (χ1) is 9.78. The van der Waals surface area contributed by atoms with E-state index in [4.69, 9.17) is 0 Å². The second-order valence-electron chi connectivity index (χ2n) is 5.30. The maximum Gasteiger partial charge on any atom is 0.243 e. The molecule has 2 rings (SSSR count). The Morgan fingerprint density at radius 3 is 2.71 bits per heavy atom. The van der Waals surface area contributed by atoms with Crippen LogP contribution >= 0.6 is 11.8 Å². The van der Waals surface area contributed by atoms with Crippen LogP contribution in [0.2, 0.25) is 0 Å². The summed E-state index contributed by atoms with van der Waals surface area (Å²) in [6.07, 6.45) is 0. The van der Waals surface area contributed by atoms with Gasteiger partial charge < -0.3 is 5.11 Å². The van der Waals surface area contributed by atoms with Crippen LogP contribution < -0.4 is 0 Å². The number of halogens is 1. The lowest BCUT2D eigenvalue weighted by Crippen LogP contribution is -2.47.